The largest absolute Gasteiger partial charge is 0.204 e. The van der Waals surface area contributed by atoms with Crippen molar-refractivity contribution in [3.8, 4) is 22.3 Å². The molecule has 1 unspecified atom stereocenters. The summed E-state index contributed by atoms with van der Waals surface area (Å²) in [5.41, 5.74) is 5.60. The molecule has 0 heterocycles. The SMILES string of the molecule is CC(Cc1ccc(-c2ccc(-c3cc(F)c(F)c(F)c3)cc2)cc1)c1ccccc1. The van der Waals surface area contributed by atoms with E-state index in [2.05, 4.69) is 55.5 Å². The predicted octanol–water partition coefficient (Wildman–Crippen LogP) is 7.78. The van der Waals surface area contributed by atoms with Crippen molar-refractivity contribution in [3.05, 3.63) is 120 Å². The molecule has 0 amide bonds. The van der Waals surface area contributed by atoms with E-state index in [4.69, 9.17) is 0 Å². The number of hydrogen-bond acceptors (Lipinski definition) is 0. The maximum atomic E-state index is 13.5. The Balaban J connectivity index is 1.49. The Morgan fingerprint density at radius 2 is 1.07 bits per heavy atom. The van der Waals surface area contributed by atoms with Crippen molar-refractivity contribution in [1.29, 1.82) is 0 Å². The van der Waals surface area contributed by atoms with Gasteiger partial charge in [-0.2, -0.15) is 0 Å². The van der Waals surface area contributed by atoms with E-state index in [9.17, 15) is 13.2 Å². The normalized spacial score (nSPS) is 12.0. The third-order valence-corrected chi connectivity index (χ3v) is 5.40. The molecule has 0 N–H and O–H groups in total. The van der Waals surface area contributed by atoms with E-state index in [1.807, 2.05) is 18.2 Å². The van der Waals surface area contributed by atoms with Crippen LogP contribution in [0, 0.1) is 17.5 Å². The summed E-state index contributed by atoms with van der Waals surface area (Å²) < 4.78 is 40.2. The Bertz CT molecular complexity index is 1110. The summed E-state index contributed by atoms with van der Waals surface area (Å²) in [6.45, 7) is 2.23. The van der Waals surface area contributed by atoms with E-state index in [0.717, 1.165) is 29.7 Å². The Morgan fingerprint density at radius 3 is 1.60 bits per heavy atom. The summed E-state index contributed by atoms with van der Waals surface area (Å²) >= 11 is 0. The van der Waals surface area contributed by atoms with Gasteiger partial charge in [0.1, 0.15) is 0 Å². The number of rotatable bonds is 5. The molecule has 0 fully saturated rings. The van der Waals surface area contributed by atoms with Crippen LogP contribution in [0.25, 0.3) is 22.3 Å². The molecule has 0 nitrogen and oxygen atoms in total. The van der Waals surface area contributed by atoms with Gasteiger partial charge < -0.3 is 0 Å². The Kier molecular flexibility index (Phi) is 5.71. The highest BCUT2D eigenvalue weighted by Gasteiger charge is 2.12. The van der Waals surface area contributed by atoms with E-state index < -0.39 is 17.5 Å². The van der Waals surface area contributed by atoms with Gasteiger partial charge in [-0.3, -0.25) is 0 Å². The van der Waals surface area contributed by atoms with Gasteiger partial charge in [0.25, 0.3) is 0 Å². The van der Waals surface area contributed by atoms with Crippen LogP contribution in [-0.4, -0.2) is 0 Å². The molecule has 3 heteroatoms. The quantitative estimate of drug-likeness (QED) is 0.299. The molecule has 0 saturated carbocycles. The molecule has 150 valence electrons. The lowest BCUT2D eigenvalue weighted by Crippen LogP contribution is -1.98. The molecule has 0 aromatic heterocycles. The standard InChI is InChI=1S/C27H21F3/c1-18(20-5-3-2-4-6-20)15-19-7-9-21(10-8-19)22-11-13-23(14-12-22)24-16-25(28)27(30)26(29)17-24/h2-14,16-18H,15H2,1H3. The lowest BCUT2D eigenvalue weighted by Gasteiger charge is -2.12. The zero-order valence-electron chi connectivity index (χ0n) is 16.6. The average molecular weight is 402 g/mol. The molecule has 1 atom stereocenters. The van der Waals surface area contributed by atoms with Gasteiger partial charge in [0.2, 0.25) is 0 Å². The summed E-state index contributed by atoms with van der Waals surface area (Å²) in [6, 6.07) is 28.3. The average Bonchev–Trinajstić information content (AvgIpc) is 2.78. The zero-order valence-corrected chi connectivity index (χ0v) is 16.6. The van der Waals surface area contributed by atoms with Crippen molar-refractivity contribution in [2.75, 3.05) is 0 Å². The van der Waals surface area contributed by atoms with E-state index in [1.165, 1.54) is 11.1 Å². The van der Waals surface area contributed by atoms with Crippen LogP contribution >= 0.6 is 0 Å². The lowest BCUT2D eigenvalue weighted by molar-refractivity contribution is 0.448. The molecule has 0 bridgehead atoms. The van der Waals surface area contributed by atoms with E-state index in [0.29, 0.717) is 17.0 Å². The van der Waals surface area contributed by atoms with E-state index in [-0.39, 0.29) is 0 Å². The lowest BCUT2D eigenvalue weighted by atomic mass is 9.92. The van der Waals surface area contributed by atoms with Gasteiger partial charge in [0.15, 0.2) is 17.5 Å². The van der Waals surface area contributed by atoms with Crippen molar-refractivity contribution in [2.24, 2.45) is 0 Å². The second-order valence-corrected chi connectivity index (χ2v) is 7.54. The first kappa shape index (κ1) is 20.0. The third-order valence-electron chi connectivity index (χ3n) is 5.40. The minimum atomic E-state index is -1.45. The van der Waals surface area contributed by atoms with Crippen molar-refractivity contribution < 1.29 is 13.2 Å². The van der Waals surface area contributed by atoms with Crippen LogP contribution in [0.1, 0.15) is 24.0 Å². The highest BCUT2D eigenvalue weighted by Crippen LogP contribution is 2.28. The molecule has 4 aromatic carbocycles. The van der Waals surface area contributed by atoms with Gasteiger partial charge in [-0.1, -0.05) is 85.8 Å². The van der Waals surface area contributed by atoms with Gasteiger partial charge >= 0.3 is 0 Å². The van der Waals surface area contributed by atoms with Crippen molar-refractivity contribution >= 4 is 0 Å². The molecule has 4 aromatic rings. The maximum absolute atomic E-state index is 13.5. The molecule has 0 saturated heterocycles. The second kappa shape index (κ2) is 8.58. The van der Waals surface area contributed by atoms with Gasteiger partial charge in [-0.15, -0.1) is 0 Å². The molecule has 0 aliphatic rings. The first-order valence-electron chi connectivity index (χ1n) is 9.90. The predicted molar refractivity (Wildman–Crippen MR) is 116 cm³/mol. The van der Waals surface area contributed by atoms with Gasteiger partial charge in [-0.05, 0) is 57.9 Å². The van der Waals surface area contributed by atoms with Crippen LogP contribution in [0.3, 0.4) is 0 Å². The van der Waals surface area contributed by atoms with E-state index >= 15 is 0 Å². The third kappa shape index (κ3) is 4.30. The minimum absolute atomic E-state index is 0.309. The first-order chi connectivity index (χ1) is 14.5. The monoisotopic (exact) mass is 402 g/mol. The van der Waals surface area contributed by atoms with Crippen molar-refractivity contribution in [1.82, 2.24) is 0 Å². The van der Waals surface area contributed by atoms with E-state index in [1.54, 1.807) is 12.1 Å². The number of hydrogen-bond donors (Lipinski definition) is 0. The fourth-order valence-electron chi connectivity index (χ4n) is 3.66. The van der Waals surface area contributed by atoms with Gasteiger partial charge in [-0.25, -0.2) is 13.2 Å². The summed E-state index contributed by atoms with van der Waals surface area (Å²) in [4.78, 5) is 0. The summed E-state index contributed by atoms with van der Waals surface area (Å²) in [5.74, 6) is -3.38. The fourth-order valence-corrected chi connectivity index (χ4v) is 3.66. The second-order valence-electron chi connectivity index (χ2n) is 7.54. The Hall–Kier alpha value is -3.33. The molecule has 0 aliphatic carbocycles. The summed E-state index contributed by atoms with van der Waals surface area (Å²) in [6.07, 6.45) is 0.963. The maximum Gasteiger partial charge on any atom is 0.194 e. The fraction of sp³-hybridized carbons (Fsp3) is 0.111. The summed E-state index contributed by atoms with van der Waals surface area (Å²) in [7, 11) is 0. The minimum Gasteiger partial charge on any atom is -0.204 e. The zero-order chi connectivity index (χ0) is 21.1. The van der Waals surface area contributed by atoms with Crippen molar-refractivity contribution in [3.63, 3.8) is 0 Å². The molecule has 0 radical (unpaired) electrons. The van der Waals surface area contributed by atoms with Gasteiger partial charge in [0.05, 0.1) is 0 Å². The van der Waals surface area contributed by atoms with Crippen LogP contribution in [-0.2, 0) is 6.42 Å². The Morgan fingerprint density at radius 1 is 0.600 bits per heavy atom. The van der Waals surface area contributed by atoms with Crippen LogP contribution in [0.2, 0.25) is 0 Å². The topological polar surface area (TPSA) is 0 Å². The first-order valence-corrected chi connectivity index (χ1v) is 9.90. The molecule has 30 heavy (non-hydrogen) atoms. The van der Waals surface area contributed by atoms with Crippen LogP contribution in [0.4, 0.5) is 13.2 Å². The molecular formula is C27H21F3. The summed E-state index contributed by atoms with van der Waals surface area (Å²) in [5, 5.41) is 0. The molecule has 0 spiro atoms. The van der Waals surface area contributed by atoms with Crippen LogP contribution < -0.4 is 0 Å². The van der Waals surface area contributed by atoms with Crippen molar-refractivity contribution in [2.45, 2.75) is 19.3 Å². The smallest absolute Gasteiger partial charge is 0.194 e. The van der Waals surface area contributed by atoms with Crippen LogP contribution in [0.5, 0.6) is 0 Å². The Labute approximate surface area is 174 Å². The highest BCUT2D eigenvalue weighted by atomic mass is 19.2. The van der Waals surface area contributed by atoms with Gasteiger partial charge in [0, 0.05) is 0 Å². The molecule has 4 rings (SSSR count). The highest BCUT2D eigenvalue weighted by molar-refractivity contribution is 5.70. The molecular weight excluding hydrogens is 381 g/mol. The number of benzene rings is 4. The van der Waals surface area contributed by atoms with Crippen LogP contribution in [0.15, 0.2) is 91.0 Å². The molecule has 0 aliphatic heterocycles. The number of halogens is 3.